The fourth-order valence-corrected chi connectivity index (χ4v) is 1.48. The lowest BCUT2D eigenvalue weighted by Crippen LogP contribution is -2.64. The van der Waals surface area contributed by atoms with Gasteiger partial charge in [-0.2, -0.15) is 35.1 Å². The van der Waals surface area contributed by atoms with Crippen molar-refractivity contribution in [3.05, 3.63) is 0 Å². The van der Waals surface area contributed by atoms with Crippen molar-refractivity contribution in [2.24, 2.45) is 0 Å². The van der Waals surface area contributed by atoms with Crippen molar-refractivity contribution in [1.82, 2.24) is 0 Å². The Labute approximate surface area is 122 Å². The number of hydrogen-bond acceptors (Lipinski definition) is 2. The van der Waals surface area contributed by atoms with Crippen molar-refractivity contribution in [3.63, 3.8) is 0 Å². The van der Waals surface area contributed by atoms with E-state index in [4.69, 9.17) is 5.11 Å². The van der Waals surface area contributed by atoms with Gasteiger partial charge in [0.15, 0.2) is 0 Å². The molecule has 0 bridgehead atoms. The number of halogens is 8. The molecule has 0 aliphatic carbocycles. The highest BCUT2D eigenvalue weighted by molar-refractivity contribution is 5.03. The predicted octanol–water partition coefficient (Wildman–Crippen LogP) is 4.12. The summed E-state index contributed by atoms with van der Waals surface area (Å²) in [5.41, 5.74) is 0. The molecule has 0 saturated heterocycles. The first-order valence-corrected chi connectivity index (χ1v) is 6.57. The monoisotopic (exact) mass is 346 g/mol. The van der Waals surface area contributed by atoms with E-state index in [2.05, 4.69) is 4.74 Å². The zero-order valence-corrected chi connectivity index (χ0v) is 11.8. The van der Waals surface area contributed by atoms with Gasteiger partial charge in [0.25, 0.3) is 0 Å². The van der Waals surface area contributed by atoms with Gasteiger partial charge in [0, 0.05) is 6.61 Å². The van der Waals surface area contributed by atoms with Crippen LogP contribution in [-0.2, 0) is 4.74 Å². The Bertz CT molecular complexity index is 333. The van der Waals surface area contributed by atoms with Crippen LogP contribution in [0.3, 0.4) is 0 Å². The number of unbranched alkanes of at least 4 members (excludes halogenated alkanes) is 3. The lowest BCUT2D eigenvalue weighted by molar-refractivity contribution is -0.375. The third-order valence-corrected chi connectivity index (χ3v) is 2.94. The van der Waals surface area contributed by atoms with Gasteiger partial charge in [0.05, 0.1) is 0 Å². The van der Waals surface area contributed by atoms with Gasteiger partial charge in [-0.25, -0.2) is 0 Å². The second kappa shape index (κ2) is 7.76. The molecule has 22 heavy (non-hydrogen) atoms. The van der Waals surface area contributed by atoms with Crippen molar-refractivity contribution in [1.29, 1.82) is 0 Å². The largest absolute Gasteiger partial charge is 0.390 e. The zero-order chi connectivity index (χ0) is 17.7. The van der Waals surface area contributed by atoms with Crippen molar-refractivity contribution in [2.75, 3.05) is 19.8 Å². The van der Waals surface area contributed by atoms with E-state index >= 15 is 0 Å². The summed E-state index contributed by atoms with van der Waals surface area (Å²) >= 11 is 0. The Morgan fingerprint density at radius 2 is 1.27 bits per heavy atom. The van der Waals surface area contributed by atoms with Crippen molar-refractivity contribution >= 4 is 0 Å². The second-order valence-electron chi connectivity index (χ2n) is 4.83. The molecule has 0 aromatic rings. The molecule has 0 radical (unpaired) electrons. The molecule has 0 aromatic heterocycles. The van der Waals surface area contributed by atoms with Crippen LogP contribution < -0.4 is 0 Å². The van der Waals surface area contributed by atoms with E-state index in [1.54, 1.807) is 0 Å². The standard InChI is InChI=1S/C12H18F8O2/c1-2-3-4-5-6-22-8-10(15,16)12(19,20)11(17,18)9(13,14)7-21/h21H,2-8H2,1H3. The molecule has 0 spiro atoms. The second-order valence-corrected chi connectivity index (χ2v) is 4.83. The molecule has 0 aromatic carbocycles. The van der Waals surface area contributed by atoms with E-state index in [0.29, 0.717) is 6.42 Å². The average Bonchev–Trinajstić information content (AvgIpc) is 2.41. The molecule has 0 rings (SSSR count). The van der Waals surface area contributed by atoms with Crippen LogP contribution in [0.1, 0.15) is 32.6 Å². The minimum atomic E-state index is -6.43. The Balaban J connectivity index is 4.79. The number of aliphatic hydroxyl groups excluding tert-OH is 1. The van der Waals surface area contributed by atoms with Gasteiger partial charge in [0.2, 0.25) is 0 Å². The third-order valence-electron chi connectivity index (χ3n) is 2.94. The number of hydrogen-bond donors (Lipinski definition) is 1. The molecule has 2 nitrogen and oxygen atoms in total. The molecule has 1 N–H and O–H groups in total. The summed E-state index contributed by atoms with van der Waals surface area (Å²) in [4.78, 5) is 0. The number of aliphatic hydroxyl groups is 1. The maximum atomic E-state index is 13.2. The molecule has 134 valence electrons. The summed E-state index contributed by atoms with van der Waals surface area (Å²) in [5, 5.41) is 8.02. The van der Waals surface area contributed by atoms with Gasteiger partial charge in [0.1, 0.15) is 13.2 Å². The van der Waals surface area contributed by atoms with E-state index < -0.39 is 36.9 Å². The molecular weight excluding hydrogens is 328 g/mol. The highest BCUT2D eigenvalue weighted by Crippen LogP contribution is 2.52. The lowest BCUT2D eigenvalue weighted by atomic mass is 9.99. The quantitative estimate of drug-likeness (QED) is 0.451. The van der Waals surface area contributed by atoms with Crippen molar-refractivity contribution in [2.45, 2.75) is 56.3 Å². The van der Waals surface area contributed by atoms with Crippen molar-refractivity contribution in [3.8, 4) is 0 Å². The zero-order valence-electron chi connectivity index (χ0n) is 11.8. The Morgan fingerprint density at radius 1 is 0.773 bits per heavy atom. The van der Waals surface area contributed by atoms with Crippen LogP contribution in [0.25, 0.3) is 0 Å². The summed E-state index contributed by atoms with van der Waals surface area (Å²) in [7, 11) is 0. The minimum absolute atomic E-state index is 0.249. The van der Waals surface area contributed by atoms with Crippen molar-refractivity contribution < 1.29 is 45.0 Å². The molecule has 0 amide bonds. The molecular formula is C12H18F8O2. The van der Waals surface area contributed by atoms with Crippen LogP contribution in [0.5, 0.6) is 0 Å². The van der Waals surface area contributed by atoms with Crippen LogP contribution in [0.15, 0.2) is 0 Å². The Kier molecular flexibility index (Phi) is 7.53. The van der Waals surface area contributed by atoms with Crippen LogP contribution in [0.2, 0.25) is 0 Å². The van der Waals surface area contributed by atoms with Crippen LogP contribution in [0.4, 0.5) is 35.1 Å². The smallest absolute Gasteiger partial charge is 0.380 e. The van der Waals surface area contributed by atoms with Gasteiger partial charge in [-0.15, -0.1) is 0 Å². The molecule has 0 aliphatic heterocycles. The summed E-state index contributed by atoms with van der Waals surface area (Å²) < 4.78 is 108. The average molecular weight is 346 g/mol. The summed E-state index contributed by atoms with van der Waals surface area (Å²) in [6.07, 6.45) is 2.38. The first-order chi connectivity index (χ1) is 9.87. The summed E-state index contributed by atoms with van der Waals surface area (Å²) in [6.45, 7) is -3.33. The van der Waals surface area contributed by atoms with Crippen LogP contribution in [0, 0.1) is 0 Å². The number of ether oxygens (including phenoxy) is 1. The Hall–Kier alpha value is -0.640. The third kappa shape index (κ3) is 4.43. The van der Waals surface area contributed by atoms with E-state index in [0.717, 1.165) is 12.8 Å². The molecule has 0 fully saturated rings. The molecule has 0 atom stereocenters. The summed E-state index contributed by atoms with van der Waals surface area (Å²) in [5.74, 6) is -24.0. The normalized spacial score (nSPS) is 14.5. The maximum absolute atomic E-state index is 13.2. The van der Waals surface area contributed by atoms with Crippen LogP contribution >= 0.6 is 0 Å². The molecule has 0 aliphatic rings. The minimum Gasteiger partial charge on any atom is -0.390 e. The van der Waals surface area contributed by atoms with Gasteiger partial charge in [-0.05, 0) is 6.42 Å². The highest BCUT2D eigenvalue weighted by Gasteiger charge is 2.80. The number of alkyl halides is 8. The molecule has 0 unspecified atom stereocenters. The van der Waals surface area contributed by atoms with E-state index in [-0.39, 0.29) is 13.0 Å². The summed E-state index contributed by atoms with van der Waals surface area (Å²) in [6, 6.07) is 0. The fourth-order valence-electron chi connectivity index (χ4n) is 1.48. The first kappa shape index (κ1) is 21.4. The topological polar surface area (TPSA) is 29.5 Å². The van der Waals surface area contributed by atoms with E-state index in [1.807, 2.05) is 6.92 Å². The predicted molar refractivity (Wildman–Crippen MR) is 61.8 cm³/mol. The highest BCUT2D eigenvalue weighted by atomic mass is 19.4. The van der Waals surface area contributed by atoms with Gasteiger partial charge in [-0.1, -0.05) is 26.2 Å². The van der Waals surface area contributed by atoms with Gasteiger partial charge >= 0.3 is 23.7 Å². The maximum Gasteiger partial charge on any atom is 0.380 e. The molecule has 0 saturated carbocycles. The van der Waals surface area contributed by atoms with Gasteiger partial charge in [-0.3, -0.25) is 0 Å². The SMILES string of the molecule is CCCCCCOCC(F)(F)C(F)(F)C(F)(F)C(F)(F)CO. The van der Waals surface area contributed by atoms with E-state index in [9.17, 15) is 35.1 Å². The van der Waals surface area contributed by atoms with E-state index in [1.165, 1.54) is 0 Å². The van der Waals surface area contributed by atoms with Crippen LogP contribution in [-0.4, -0.2) is 48.6 Å². The molecule has 0 heterocycles. The first-order valence-electron chi connectivity index (χ1n) is 6.57. The number of rotatable bonds is 11. The molecule has 10 heteroatoms. The fraction of sp³-hybridized carbons (Fsp3) is 1.00. The van der Waals surface area contributed by atoms with Gasteiger partial charge < -0.3 is 9.84 Å². The lowest BCUT2D eigenvalue weighted by Gasteiger charge is -2.35. The Morgan fingerprint density at radius 3 is 1.73 bits per heavy atom.